The third kappa shape index (κ3) is 5.24. The van der Waals surface area contributed by atoms with Gasteiger partial charge in [0.1, 0.15) is 11.4 Å². The molecule has 4 heteroatoms. The number of carbonyl (C=O) groups excluding carboxylic acids is 1. The van der Waals surface area contributed by atoms with Crippen LogP contribution >= 0.6 is 0 Å². The van der Waals surface area contributed by atoms with Gasteiger partial charge in [-0.2, -0.15) is 0 Å². The quantitative estimate of drug-likeness (QED) is 0.846. The zero-order valence-electron chi connectivity index (χ0n) is 14.1. The van der Waals surface area contributed by atoms with Crippen LogP contribution in [0.1, 0.15) is 39.2 Å². The van der Waals surface area contributed by atoms with E-state index in [2.05, 4.69) is 6.92 Å². The molecule has 0 bridgehead atoms. The molecule has 1 amide bonds. The normalized spacial score (nSPS) is 18.9. The van der Waals surface area contributed by atoms with Crippen LogP contribution in [0.25, 0.3) is 0 Å². The minimum atomic E-state index is -0.442. The van der Waals surface area contributed by atoms with Crippen molar-refractivity contribution >= 4 is 6.09 Å². The minimum Gasteiger partial charge on any atom is -0.493 e. The van der Waals surface area contributed by atoms with E-state index in [4.69, 9.17) is 9.47 Å². The lowest BCUT2D eigenvalue weighted by Gasteiger charge is -2.34. The van der Waals surface area contributed by atoms with Crippen LogP contribution in [0.3, 0.4) is 0 Å². The van der Waals surface area contributed by atoms with E-state index in [-0.39, 0.29) is 6.09 Å². The summed E-state index contributed by atoms with van der Waals surface area (Å²) in [5.74, 6) is 1.25. The lowest BCUT2D eigenvalue weighted by atomic mass is 9.99. The van der Waals surface area contributed by atoms with Gasteiger partial charge in [0.05, 0.1) is 6.61 Å². The van der Waals surface area contributed by atoms with Crippen molar-refractivity contribution in [3.05, 3.63) is 29.8 Å². The second kappa shape index (κ2) is 7.03. The Labute approximate surface area is 133 Å². The summed E-state index contributed by atoms with van der Waals surface area (Å²) in [5.41, 5.74) is 0.781. The van der Waals surface area contributed by atoms with E-state index in [1.165, 1.54) is 5.56 Å². The number of nitrogens with zero attached hydrogens (tertiary/aromatic N) is 1. The Morgan fingerprint density at radius 1 is 1.27 bits per heavy atom. The van der Waals surface area contributed by atoms with Gasteiger partial charge in [0, 0.05) is 19.0 Å². The molecular weight excluding hydrogens is 278 g/mol. The molecule has 1 aliphatic rings. The van der Waals surface area contributed by atoms with E-state index in [1.54, 1.807) is 4.90 Å². The maximum Gasteiger partial charge on any atom is 0.410 e. The smallest absolute Gasteiger partial charge is 0.410 e. The standard InChI is InChI=1S/C18H27NO3/c1-14-7-9-16(10-8-14)21-13-15-6-5-11-19(12-15)17(20)22-18(2,3)4/h7-10,15H,5-6,11-13H2,1-4H3. The fraction of sp³-hybridized carbons (Fsp3) is 0.611. The number of rotatable bonds is 3. The van der Waals surface area contributed by atoms with Crippen molar-refractivity contribution in [3.8, 4) is 5.75 Å². The molecule has 0 radical (unpaired) electrons. The van der Waals surface area contributed by atoms with Gasteiger partial charge >= 0.3 is 6.09 Å². The summed E-state index contributed by atoms with van der Waals surface area (Å²) >= 11 is 0. The molecule has 4 nitrogen and oxygen atoms in total. The molecule has 1 unspecified atom stereocenters. The molecule has 0 spiro atoms. The summed E-state index contributed by atoms with van der Waals surface area (Å²) in [6.45, 7) is 9.87. The predicted molar refractivity (Wildman–Crippen MR) is 87.2 cm³/mol. The highest BCUT2D eigenvalue weighted by Gasteiger charge is 2.27. The molecule has 122 valence electrons. The predicted octanol–water partition coefficient (Wildman–Crippen LogP) is 4.02. The Hall–Kier alpha value is -1.71. The molecule has 0 aromatic heterocycles. The van der Waals surface area contributed by atoms with Crippen LogP contribution in [0.2, 0.25) is 0 Å². The second-order valence-electron chi connectivity index (χ2n) is 7.06. The van der Waals surface area contributed by atoms with Crippen molar-refractivity contribution in [2.24, 2.45) is 5.92 Å². The molecule has 1 atom stereocenters. The maximum absolute atomic E-state index is 12.1. The Balaban J connectivity index is 1.82. The maximum atomic E-state index is 12.1. The largest absolute Gasteiger partial charge is 0.493 e. The van der Waals surface area contributed by atoms with Crippen molar-refractivity contribution in [2.75, 3.05) is 19.7 Å². The Morgan fingerprint density at radius 2 is 1.95 bits per heavy atom. The van der Waals surface area contributed by atoms with Gasteiger partial charge in [-0.15, -0.1) is 0 Å². The highest BCUT2D eigenvalue weighted by molar-refractivity contribution is 5.68. The molecule has 1 aromatic rings. The van der Waals surface area contributed by atoms with Crippen LogP contribution in [0.15, 0.2) is 24.3 Å². The Bertz CT molecular complexity index is 490. The Kier molecular flexibility index (Phi) is 5.33. The summed E-state index contributed by atoms with van der Waals surface area (Å²) in [4.78, 5) is 13.9. The molecule has 1 saturated heterocycles. The van der Waals surface area contributed by atoms with Crippen molar-refractivity contribution in [2.45, 2.75) is 46.1 Å². The Morgan fingerprint density at radius 3 is 2.59 bits per heavy atom. The monoisotopic (exact) mass is 305 g/mol. The van der Waals surface area contributed by atoms with Crippen LogP contribution in [-0.2, 0) is 4.74 Å². The number of amides is 1. The van der Waals surface area contributed by atoms with Gasteiger partial charge in [0.25, 0.3) is 0 Å². The van der Waals surface area contributed by atoms with Gasteiger partial charge in [-0.1, -0.05) is 17.7 Å². The molecular formula is C18H27NO3. The fourth-order valence-electron chi connectivity index (χ4n) is 2.54. The van der Waals surface area contributed by atoms with Gasteiger partial charge in [0.15, 0.2) is 0 Å². The zero-order valence-corrected chi connectivity index (χ0v) is 14.1. The van der Waals surface area contributed by atoms with Gasteiger partial charge in [-0.05, 0) is 52.7 Å². The first-order valence-electron chi connectivity index (χ1n) is 8.01. The number of hydrogen-bond acceptors (Lipinski definition) is 3. The van der Waals surface area contributed by atoms with E-state index in [9.17, 15) is 4.79 Å². The van der Waals surface area contributed by atoms with Crippen molar-refractivity contribution in [1.82, 2.24) is 4.90 Å². The lowest BCUT2D eigenvalue weighted by molar-refractivity contribution is 0.0139. The molecule has 2 rings (SSSR count). The molecule has 0 aliphatic carbocycles. The second-order valence-corrected chi connectivity index (χ2v) is 7.06. The van der Waals surface area contributed by atoms with Crippen LogP contribution < -0.4 is 4.74 Å². The van der Waals surface area contributed by atoms with Crippen molar-refractivity contribution in [3.63, 3.8) is 0 Å². The van der Waals surface area contributed by atoms with Gasteiger partial charge in [0.2, 0.25) is 0 Å². The van der Waals surface area contributed by atoms with Gasteiger partial charge in [-0.25, -0.2) is 4.79 Å². The highest BCUT2D eigenvalue weighted by atomic mass is 16.6. The topological polar surface area (TPSA) is 38.8 Å². The molecule has 1 aliphatic heterocycles. The zero-order chi connectivity index (χ0) is 16.2. The molecule has 0 saturated carbocycles. The van der Waals surface area contributed by atoms with E-state index in [0.717, 1.165) is 25.1 Å². The number of likely N-dealkylation sites (tertiary alicyclic amines) is 1. The average molecular weight is 305 g/mol. The summed E-state index contributed by atoms with van der Waals surface area (Å²) in [6.07, 6.45) is 1.87. The number of benzene rings is 1. The van der Waals surface area contributed by atoms with Crippen molar-refractivity contribution in [1.29, 1.82) is 0 Å². The molecule has 0 N–H and O–H groups in total. The molecule has 22 heavy (non-hydrogen) atoms. The summed E-state index contributed by atoms with van der Waals surface area (Å²) in [5, 5.41) is 0. The van der Waals surface area contributed by atoms with Gasteiger partial charge < -0.3 is 14.4 Å². The van der Waals surface area contributed by atoms with E-state index in [0.29, 0.717) is 19.1 Å². The summed E-state index contributed by atoms with van der Waals surface area (Å²) in [7, 11) is 0. The number of ether oxygens (including phenoxy) is 2. The first-order valence-corrected chi connectivity index (χ1v) is 8.01. The molecule has 1 heterocycles. The minimum absolute atomic E-state index is 0.215. The molecule has 1 fully saturated rings. The first-order chi connectivity index (χ1) is 10.3. The lowest BCUT2D eigenvalue weighted by Crippen LogP contribution is -2.44. The average Bonchev–Trinajstić information content (AvgIpc) is 2.45. The van der Waals surface area contributed by atoms with E-state index >= 15 is 0 Å². The third-order valence-electron chi connectivity index (χ3n) is 3.68. The summed E-state index contributed by atoms with van der Waals surface area (Å²) < 4.78 is 11.3. The van der Waals surface area contributed by atoms with Crippen LogP contribution in [0.5, 0.6) is 5.75 Å². The number of hydrogen-bond donors (Lipinski definition) is 0. The van der Waals surface area contributed by atoms with Gasteiger partial charge in [-0.3, -0.25) is 0 Å². The molecule has 1 aromatic carbocycles. The van der Waals surface area contributed by atoms with Crippen molar-refractivity contribution < 1.29 is 14.3 Å². The number of piperidine rings is 1. The van der Waals surface area contributed by atoms with E-state index in [1.807, 2.05) is 45.0 Å². The fourth-order valence-corrected chi connectivity index (χ4v) is 2.54. The highest BCUT2D eigenvalue weighted by Crippen LogP contribution is 2.21. The van der Waals surface area contributed by atoms with E-state index < -0.39 is 5.60 Å². The first kappa shape index (κ1) is 16.7. The van der Waals surface area contributed by atoms with Crippen LogP contribution in [0, 0.1) is 12.8 Å². The van der Waals surface area contributed by atoms with Crippen LogP contribution in [-0.4, -0.2) is 36.3 Å². The number of carbonyl (C=O) groups is 1. The van der Waals surface area contributed by atoms with Crippen LogP contribution in [0.4, 0.5) is 4.79 Å². The number of aryl methyl sites for hydroxylation is 1. The summed E-state index contributed by atoms with van der Waals surface area (Å²) in [6, 6.07) is 8.07. The SMILES string of the molecule is Cc1ccc(OCC2CCCN(C(=O)OC(C)(C)C)C2)cc1. The third-order valence-corrected chi connectivity index (χ3v) is 3.68.